The molecule has 2 aromatic rings. The van der Waals surface area contributed by atoms with Crippen molar-refractivity contribution in [1.82, 2.24) is 15.3 Å². The van der Waals surface area contributed by atoms with Gasteiger partial charge in [0.05, 0.1) is 5.69 Å². The second-order valence-electron chi connectivity index (χ2n) is 5.07. The van der Waals surface area contributed by atoms with Gasteiger partial charge in [-0.15, -0.1) is 0 Å². The normalized spacial score (nSPS) is 16.7. The van der Waals surface area contributed by atoms with Crippen LogP contribution in [0.2, 0.25) is 5.15 Å². The van der Waals surface area contributed by atoms with Crippen molar-refractivity contribution in [3.05, 3.63) is 52.6 Å². The topological polar surface area (TPSA) is 40.7 Å². The molecule has 1 aromatic heterocycles. The molecular weight excluding hydrogens is 258 g/mol. The van der Waals surface area contributed by atoms with E-state index in [1.807, 2.05) is 18.2 Å². The van der Waals surface area contributed by atoms with E-state index in [2.05, 4.69) is 27.4 Å². The van der Waals surface area contributed by atoms with Crippen LogP contribution in [0.15, 0.2) is 30.3 Å². The monoisotopic (exact) mass is 275 g/mol. The summed E-state index contributed by atoms with van der Waals surface area (Å²) in [5, 5.41) is 4.02. The number of imidazole rings is 1. The maximum Gasteiger partial charge on any atom is 0.150 e. The first-order valence-electron chi connectivity index (χ1n) is 6.82. The number of aromatic nitrogens is 2. The van der Waals surface area contributed by atoms with Crippen LogP contribution in [0, 0.1) is 0 Å². The van der Waals surface area contributed by atoms with Crippen molar-refractivity contribution in [3.63, 3.8) is 0 Å². The van der Waals surface area contributed by atoms with E-state index in [1.165, 1.54) is 5.56 Å². The number of aromatic amines is 1. The fourth-order valence-corrected chi connectivity index (χ4v) is 2.97. The molecule has 0 unspecified atom stereocenters. The summed E-state index contributed by atoms with van der Waals surface area (Å²) in [6.45, 7) is 2.13. The van der Waals surface area contributed by atoms with Crippen LogP contribution in [0.3, 0.4) is 0 Å². The largest absolute Gasteiger partial charge is 0.344 e. The summed E-state index contributed by atoms with van der Waals surface area (Å²) in [6, 6.07) is 10.3. The number of nitrogens with one attached hydrogen (secondary N) is 2. The molecule has 0 aliphatic carbocycles. The fraction of sp³-hybridized carbons (Fsp3) is 0.400. The third-order valence-corrected chi connectivity index (χ3v) is 3.98. The first kappa shape index (κ1) is 12.7. The lowest BCUT2D eigenvalue weighted by Gasteiger charge is -2.21. The molecule has 4 heteroatoms. The number of benzene rings is 1. The van der Waals surface area contributed by atoms with E-state index in [1.54, 1.807) is 0 Å². The minimum Gasteiger partial charge on any atom is -0.344 e. The van der Waals surface area contributed by atoms with Crippen LogP contribution in [0.5, 0.6) is 0 Å². The molecule has 0 bridgehead atoms. The number of hydrogen-bond donors (Lipinski definition) is 2. The molecule has 3 rings (SSSR count). The standard InChI is InChI=1S/C15H18ClN3/c16-15-14(12-6-8-17-9-7-12)18-13(19-15)10-11-4-2-1-3-5-11/h1-5,12,17H,6-10H2,(H,18,19). The molecule has 100 valence electrons. The van der Waals surface area contributed by atoms with Crippen molar-refractivity contribution in [1.29, 1.82) is 0 Å². The molecule has 19 heavy (non-hydrogen) atoms. The van der Waals surface area contributed by atoms with Crippen molar-refractivity contribution >= 4 is 11.6 Å². The Morgan fingerprint density at radius 3 is 2.63 bits per heavy atom. The Labute approximate surface area is 118 Å². The molecule has 1 fully saturated rings. The van der Waals surface area contributed by atoms with Gasteiger partial charge in [-0.25, -0.2) is 4.98 Å². The predicted octanol–water partition coefficient (Wildman–Crippen LogP) is 3.12. The van der Waals surface area contributed by atoms with E-state index in [9.17, 15) is 0 Å². The third kappa shape index (κ3) is 2.99. The number of H-pyrrole nitrogens is 1. The predicted molar refractivity (Wildman–Crippen MR) is 77.7 cm³/mol. The minimum absolute atomic E-state index is 0.519. The Kier molecular flexibility index (Phi) is 3.85. The maximum absolute atomic E-state index is 6.28. The van der Waals surface area contributed by atoms with Gasteiger partial charge < -0.3 is 10.3 Å². The van der Waals surface area contributed by atoms with Crippen LogP contribution in [0.4, 0.5) is 0 Å². The summed E-state index contributed by atoms with van der Waals surface area (Å²) in [4.78, 5) is 7.90. The Morgan fingerprint density at radius 2 is 1.89 bits per heavy atom. The van der Waals surface area contributed by atoms with Crippen LogP contribution in [0.25, 0.3) is 0 Å². The molecule has 0 spiro atoms. The van der Waals surface area contributed by atoms with E-state index in [-0.39, 0.29) is 0 Å². The van der Waals surface area contributed by atoms with E-state index < -0.39 is 0 Å². The Hall–Kier alpha value is -1.32. The van der Waals surface area contributed by atoms with E-state index in [4.69, 9.17) is 11.6 Å². The van der Waals surface area contributed by atoms with Gasteiger partial charge in [0, 0.05) is 12.3 Å². The molecule has 0 saturated carbocycles. The Morgan fingerprint density at radius 1 is 1.16 bits per heavy atom. The zero-order valence-corrected chi connectivity index (χ0v) is 11.6. The van der Waals surface area contributed by atoms with E-state index >= 15 is 0 Å². The van der Waals surface area contributed by atoms with Crippen LogP contribution in [-0.4, -0.2) is 23.1 Å². The lowest BCUT2D eigenvalue weighted by Crippen LogP contribution is -2.26. The molecule has 0 radical (unpaired) electrons. The van der Waals surface area contributed by atoms with Crippen LogP contribution < -0.4 is 5.32 Å². The Bertz CT molecular complexity index is 530. The van der Waals surface area contributed by atoms with Gasteiger partial charge in [-0.05, 0) is 31.5 Å². The first-order valence-corrected chi connectivity index (χ1v) is 7.19. The van der Waals surface area contributed by atoms with Crippen molar-refractivity contribution in [2.45, 2.75) is 25.2 Å². The SMILES string of the molecule is Clc1nc(Cc2ccccc2)[nH]c1C1CCNCC1. The highest BCUT2D eigenvalue weighted by Crippen LogP contribution is 2.29. The van der Waals surface area contributed by atoms with Gasteiger partial charge in [-0.2, -0.15) is 0 Å². The molecular formula is C15H18ClN3. The zero-order chi connectivity index (χ0) is 13.1. The molecule has 1 aliphatic rings. The summed E-state index contributed by atoms with van der Waals surface area (Å²) in [6.07, 6.45) is 3.07. The quantitative estimate of drug-likeness (QED) is 0.904. The van der Waals surface area contributed by atoms with Crippen LogP contribution in [-0.2, 0) is 6.42 Å². The molecule has 0 atom stereocenters. The van der Waals surface area contributed by atoms with Gasteiger partial charge in [0.25, 0.3) is 0 Å². The fourth-order valence-electron chi connectivity index (χ4n) is 2.67. The summed E-state index contributed by atoms with van der Waals surface area (Å²) in [5.74, 6) is 1.48. The van der Waals surface area contributed by atoms with Crippen molar-refractivity contribution in [2.24, 2.45) is 0 Å². The van der Waals surface area contributed by atoms with Crippen molar-refractivity contribution in [2.75, 3.05) is 13.1 Å². The summed E-state index contributed by atoms with van der Waals surface area (Å²) in [7, 11) is 0. The second-order valence-corrected chi connectivity index (χ2v) is 5.43. The highest BCUT2D eigenvalue weighted by Gasteiger charge is 2.21. The van der Waals surface area contributed by atoms with E-state index in [0.717, 1.165) is 43.9 Å². The molecule has 2 N–H and O–H groups in total. The third-order valence-electron chi connectivity index (χ3n) is 3.70. The smallest absolute Gasteiger partial charge is 0.150 e. The van der Waals surface area contributed by atoms with Gasteiger partial charge in [-0.3, -0.25) is 0 Å². The zero-order valence-electron chi connectivity index (χ0n) is 10.8. The minimum atomic E-state index is 0.519. The number of piperidine rings is 1. The Balaban J connectivity index is 1.77. The average Bonchev–Trinajstić information content (AvgIpc) is 2.82. The molecule has 0 amide bonds. The maximum atomic E-state index is 6.28. The lowest BCUT2D eigenvalue weighted by atomic mass is 9.95. The molecule has 2 heterocycles. The van der Waals surface area contributed by atoms with Gasteiger partial charge in [-0.1, -0.05) is 41.9 Å². The number of halogens is 1. The molecule has 1 aliphatic heterocycles. The van der Waals surface area contributed by atoms with Crippen molar-refractivity contribution < 1.29 is 0 Å². The lowest BCUT2D eigenvalue weighted by molar-refractivity contribution is 0.454. The van der Waals surface area contributed by atoms with Crippen LogP contribution in [0.1, 0.15) is 35.8 Å². The van der Waals surface area contributed by atoms with Gasteiger partial charge >= 0.3 is 0 Å². The van der Waals surface area contributed by atoms with E-state index in [0.29, 0.717) is 11.1 Å². The first-order chi connectivity index (χ1) is 9.33. The average molecular weight is 276 g/mol. The van der Waals surface area contributed by atoms with Gasteiger partial charge in [0.2, 0.25) is 0 Å². The molecule has 3 nitrogen and oxygen atoms in total. The summed E-state index contributed by atoms with van der Waals surface area (Å²) >= 11 is 6.28. The summed E-state index contributed by atoms with van der Waals surface area (Å²) < 4.78 is 0. The number of hydrogen-bond acceptors (Lipinski definition) is 2. The highest BCUT2D eigenvalue weighted by atomic mass is 35.5. The number of rotatable bonds is 3. The molecule has 1 saturated heterocycles. The van der Waals surface area contributed by atoms with Gasteiger partial charge in [0.1, 0.15) is 5.82 Å². The second kappa shape index (κ2) is 5.76. The van der Waals surface area contributed by atoms with Crippen LogP contribution >= 0.6 is 11.6 Å². The van der Waals surface area contributed by atoms with Gasteiger partial charge in [0.15, 0.2) is 5.15 Å². The summed E-state index contributed by atoms with van der Waals surface area (Å²) in [5.41, 5.74) is 2.37. The molecule has 1 aromatic carbocycles. The highest BCUT2D eigenvalue weighted by molar-refractivity contribution is 6.30. The number of nitrogens with zero attached hydrogens (tertiary/aromatic N) is 1. The van der Waals surface area contributed by atoms with Crippen molar-refractivity contribution in [3.8, 4) is 0 Å².